The standard InChI is InChI=1S/C18H27N3O4S/c1-3-11-19-18(23)15-7-5-6-8-16(15)20-17(22)14-9-12-21(13-10-14)26(24,25)4-2/h5-8,14H,3-4,9-13H2,1-2H3,(H,19,23)(H,20,22). The SMILES string of the molecule is CCCNC(=O)c1ccccc1NC(=O)C1CCN(S(=O)(=O)CC)CC1. The molecule has 7 nitrogen and oxygen atoms in total. The molecule has 0 aliphatic carbocycles. The summed E-state index contributed by atoms with van der Waals surface area (Å²) in [5, 5.41) is 5.64. The van der Waals surface area contributed by atoms with Crippen LogP contribution < -0.4 is 10.6 Å². The number of anilines is 1. The van der Waals surface area contributed by atoms with Crippen LogP contribution in [0.1, 0.15) is 43.5 Å². The number of hydrogen-bond acceptors (Lipinski definition) is 4. The summed E-state index contributed by atoms with van der Waals surface area (Å²) >= 11 is 0. The summed E-state index contributed by atoms with van der Waals surface area (Å²) in [5.41, 5.74) is 0.912. The zero-order chi connectivity index (χ0) is 19.2. The molecule has 1 aliphatic rings. The Hall–Kier alpha value is -1.93. The largest absolute Gasteiger partial charge is 0.352 e. The van der Waals surface area contributed by atoms with E-state index in [4.69, 9.17) is 0 Å². The van der Waals surface area contributed by atoms with E-state index in [2.05, 4.69) is 10.6 Å². The van der Waals surface area contributed by atoms with Gasteiger partial charge in [0.15, 0.2) is 0 Å². The van der Waals surface area contributed by atoms with Gasteiger partial charge in [0.25, 0.3) is 5.91 Å². The van der Waals surface area contributed by atoms with E-state index in [1.54, 1.807) is 31.2 Å². The zero-order valence-electron chi connectivity index (χ0n) is 15.3. The Labute approximate surface area is 155 Å². The molecular formula is C18H27N3O4S. The highest BCUT2D eigenvalue weighted by molar-refractivity contribution is 7.89. The van der Waals surface area contributed by atoms with Gasteiger partial charge in [-0.05, 0) is 38.3 Å². The molecule has 1 aromatic carbocycles. The van der Waals surface area contributed by atoms with Gasteiger partial charge in [0.2, 0.25) is 15.9 Å². The van der Waals surface area contributed by atoms with Gasteiger partial charge in [0, 0.05) is 25.6 Å². The number of rotatable bonds is 7. The predicted molar refractivity (Wildman–Crippen MR) is 101 cm³/mol. The number of piperidine rings is 1. The Morgan fingerprint density at radius 1 is 1.15 bits per heavy atom. The highest BCUT2D eigenvalue weighted by Gasteiger charge is 2.30. The topological polar surface area (TPSA) is 95.6 Å². The van der Waals surface area contributed by atoms with E-state index in [0.29, 0.717) is 43.7 Å². The second-order valence-electron chi connectivity index (χ2n) is 6.36. The second kappa shape index (κ2) is 9.14. The predicted octanol–water partition coefficient (Wildman–Crippen LogP) is 1.83. The molecule has 0 unspecified atom stereocenters. The van der Waals surface area contributed by atoms with Crippen molar-refractivity contribution in [1.82, 2.24) is 9.62 Å². The first kappa shape index (κ1) is 20.4. The molecule has 0 saturated carbocycles. The van der Waals surface area contributed by atoms with Gasteiger partial charge in [-0.3, -0.25) is 9.59 Å². The van der Waals surface area contributed by atoms with Crippen molar-refractivity contribution in [2.24, 2.45) is 5.92 Å². The van der Waals surface area contributed by atoms with Gasteiger partial charge >= 0.3 is 0 Å². The van der Waals surface area contributed by atoms with Gasteiger partial charge in [-0.1, -0.05) is 19.1 Å². The molecule has 1 heterocycles. The Bertz CT molecular complexity index is 741. The van der Waals surface area contributed by atoms with Gasteiger partial charge < -0.3 is 10.6 Å². The van der Waals surface area contributed by atoms with E-state index < -0.39 is 10.0 Å². The zero-order valence-corrected chi connectivity index (χ0v) is 16.1. The van der Waals surface area contributed by atoms with Gasteiger partial charge in [0.1, 0.15) is 0 Å². The summed E-state index contributed by atoms with van der Waals surface area (Å²) in [7, 11) is -3.21. The number of carbonyl (C=O) groups is 2. The molecule has 1 saturated heterocycles. The first-order chi connectivity index (χ1) is 12.4. The summed E-state index contributed by atoms with van der Waals surface area (Å²) in [6.45, 7) is 4.87. The van der Waals surface area contributed by atoms with Crippen LogP contribution in [0.15, 0.2) is 24.3 Å². The fraction of sp³-hybridized carbons (Fsp3) is 0.556. The quantitative estimate of drug-likeness (QED) is 0.753. The number of nitrogens with one attached hydrogen (secondary N) is 2. The molecule has 26 heavy (non-hydrogen) atoms. The van der Waals surface area contributed by atoms with Crippen LogP contribution in [0.25, 0.3) is 0 Å². The Morgan fingerprint density at radius 3 is 2.42 bits per heavy atom. The summed E-state index contributed by atoms with van der Waals surface area (Å²) in [4.78, 5) is 24.8. The van der Waals surface area contributed by atoms with E-state index in [1.165, 1.54) is 4.31 Å². The van der Waals surface area contributed by atoms with Crippen molar-refractivity contribution < 1.29 is 18.0 Å². The summed E-state index contributed by atoms with van der Waals surface area (Å²) in [6.07, 6.45) is 1.80. The highest BCUT2D eigenvalue weighted by Crippen LogP contribution is 2.23. The van der Waals surface area contributed by atoms with Crippen molar-refractivity contribution in [2.45, 2.75) is 33.1 Å². The van der Waals surface area contributed by atoms with E-state index in [-0.39, 0.29) is 23.5 Å². The highest BCUT2D eigenvalue weighted by atomic mass is 32.2. The lowest BCUT2D eigenvalue weighted by atomic mass is 9.97. The van der Waals surface area contributed by atoms with E-state index >= 15 is 0 Å². The minimum Gasteiger partial charge on any atom is -0.352 e. The number of para-hydroxylation sites is 1. The lowest BCUT2D eigenvalue weighted by Crippen LogP contribution is -2.42. The lowest BCUT2D eigenvalue weighted by Gasteiger charge is -2.30. The van der Waals surface area contributed by atoms with Crippen molar-refractivity contribution in [3.63, 3.8) is 0 Å². The molecule has 1 aliphatic heterocycles. The molecule has 2 N–H and O–H groups in total. The molecule has 1 fully saturated rings. The van der Waals surface area contributed by atoms with Crippen LogP contribution in [0, 0.1) is 5.92 Å². The van der Waals surface area contributed by atoms with Crippen molar-refractivity contribution >= 4 is 27.5 Å². The minimum atomic E-state index is -3.21. The Morgan fingerprint density at radius 2 is 1.81 bits per heavy atom. The van der Waals surface area contributed by atoms with Crippen molar-refractivity contribution in [2.75, 3.05) is 30.7 Å². The minimum absolute atomic E-state index is 0.0735. The number of carbonyl (C=O) groups excluding carboxylic acids is 2. The molecule has 144 valence electrons. The van der Waals surface area contributed by atoms with Crippen LogP contribution in [-0.2, 0) is 14.8 Å². The smallest absolute Gasteiger partial charge is 0.253 e. The van der Waals surface area contributed by atoms with Crippen molar-refractivity contribution in [1.29, 1.82) is 0 Å². The molecule has 0 bridgehead atoms. The maximum Gasteiger partial charge on any atom is 0.253 e. The van der Waals surface area contributed by atoms with Crippen LogP contribution in [0.5, 0.6) is 0 Å². The van der Waals surface area contributed by atoms with Crippen LogP contribution in [-0.4, -0.2) is 49.9 Å². The average Bonchev–Trinajstić information content (AvgIpc) is 2.66. The number of benzene rings is 1. The fourth-order valence-electron chi connectivity index (χ4n) is 2.94. The third-order valence-corrected chi connectivity index (χ3v) is 6.43. The number of amides is 2. The molecule has 8 heteroatoms. The fourth-order valence-corrected chi connectivity index (χ4v) is 4.07. The first-order valence-electron chi connectivity index (χ1n) is 9.05. The van der Waals surface area contributed by atoms with Gasteiger partial charge in [-0.15, -0.1) is 0 Å². The molecule has 2 rings (SSSR count). The maximum absolute atomic E-state index is 12.6. The van der Waals surface area contributed by atoms with Crippen molar-refractivity contribution in [3.05, 3.63) is 29.8 Å². The van der Waals surface area contributed by atoms with Crippen molar-refractivity contribution in [3.8, 4) is 0 Å². The maximum atomic E-state index is 12.6. The van der Waals surface area contributed by atoms with E-state index in [1.807, 2.05) is 6.92 Å². The normalized spacial score (nSPS) is 16.2. The van der Waals surface area contributed by atoms with Gasteiger partial charge in [0.05, 0.1) is 17.0 Å². The third kappa shape index (κ3) is 5.04. The second-order valence-corrected chi connectivity index (χ2v) is 8.62. The van der Waals surface area contributed by atoms with Crippen LogP contribution in [0.3, 0.4) is 0 Å². The Kier molecular flexibility index (Phi) is 7.16. The molecule has 2 amide bonds. The van der Waals surface area contributed by atoms with Gasteiger partial charge in [-0.2, -0.15) is 0 Å². The number of sulfonamides is 1. The molecule has 0 aromatic heterocycles. The van der Waals surface area contributed by atoms with Crippen LogP contribution in [0.4, 0.5) is 5.69 Å². The number of nitrogens with zero attached hydrogens (tertiary/aromatic N) is 1. The van der Waals surface area contributed by atoms with Crippen LogP contribution in [0.2, 0.25) is 0 Å². The molecule has 0 spiro atoms. The van der Waals surface area contributed by atoms with Gasteiger partial charge in [-0.25, -0.2) is 12.7 Å². The summed E-state index contributed by atoms with van der Waals surface area (Å²) in [5.74, 6) is -0.574. The monoisotopic (exact) mass is 381 g/mol. The summed E-state index contributed by atoms with van der Waals surface area (Å²) in [6, 6.07) is 6.90. The average molecular weight is 381 g/mol. The summed E-state index contributed by atoms with van der Waals surface area (Å²) < 4.78 is 25.3. The van der Waals surface area contributed by atoms with Crippen LogP contribution >= 0.6 is 0 Å². The number of hydrogen-bond donors (Lipinski definition) is 2. The van der Waals surface area contributed by atoms with E-state index in [9.17, 15) is 18.0 Å². The Balaban J connectivity index is 2.00. The molecule has 0 radical (unpaired) electrons. The third-order valence-electron chi connectivity index (χ3n) is 4.55. The molecule has 0 atom stereocenters. The first-order valence-corrected chi connectivity index (χ1v) is 10.7. The lowest BCUT2D eigenvalue weighted by molar-refractivity contribution is -0.120. The molecular weight excluding hydrogens is 354 g/mol. The molecule has 1 aromatic rings. The van der Waals surface area contributed by atoms with E-state index in [0.717, 1.165) is 6.42 Å².